The fourth-order valence-corrected chi connectivity index (χ4v) is 3.63. The molecule has 1 N–H and O–H groups in total. The molecule has 0 saturated carbocycles. The first-order valence-corrected chi connectivity index (χ1v) is 7.03. The second kappa shape index (κ2) is 4.20. The number of H-pyrrole nitrogens is 1. The molecule has 2 fully saturated rings. The van der Waals surface area contributed by atoms with E-state index < -0.39 is 0 Å². The highest BCUT2D eigenvalue weighted by Crippen LogP contribution is 2.34. The van der Waals surface area contributed by atoms with E-state index >= 15 is 0 Å². The molecule has 5 nitrogen and oxygen atoms in total. The predicted octanol–water partition coefficient (Wildman–Crippen LogP) is 1.35. The number of likely N-dealkylation sites (tertiary alicyclic amines) is 1. The smallest absolute Gasteiger partial charge is 0.142 e. The van der Waals surface area contributed by atoms with Gasteiger partial charge in [-0.25, -0.2) is 9.97 Å². The Morgan fingerprint density at radius 1 is 1.21 bits per heavy atom. The number of anilines is 1. The van der Waals surface area contributed by atoms with Crippen molar-refractivity contribution in [3.05, 3.63) is 18.6 Å². The molecule has 2 atom stereocenters. The van der Waals surface area contributed by atoms with Gasteiger partial charge in [0.25, 0.3) is 0 Å². The number of rotatable bonds is 1. The molecule has 0 radical (unpaired) electrons. The van der Waals surface area contributed by atoms with Crippen molar-refractivity contribution in [2.45, 2.75) is 6.42 Å². The summed E-state index contributed by atoms with van der Waals surface area (Å²) in [6.07, 6.45) is 4.93. The molecule has 4 heterocycles. The minimum absolute atomic E-state index is 0.794. The van der Waals surface area contributed by atoms with Gasteiger partial charge < -0.3 is 14.8 Å². The summed E-state index contributed by atoms with van der Waals surface area (Å²) in [6.45, 7) is 4.74. The Kier molecular flexibility index (Phi) is 2.48. The van der Waals surface area contributed by atoms with Gasteiger partial charge in [0, 0.05) is 25.8 Å². The van der Waals surface area contributed by atoms with Crippen LogP contribution >= 0.6 is 0 Å². The molecule has 0 spiro atoms. The van der Waals surface area contributed by atoms with Gasteiger partial charge >= 0.3 is 0 Å². The molecule has 19 heavy (non-hydrogen) atoms. The van der Waals surface area contributed by atoms with Gasteiger partial charge in [-0.3, -0.25) is 0 Å². The molecular weight excluding hydrogens is 238 g/mol. The van der Waals surface area contributed by atoms with Gasteiger partial charge in [-0.1, -0.05) is 0 Å². The summed E-state index contributed by atoms with van der Waals surface area (Å²) in [7, 11) is 2.23. The number of nitrogens with zero attached hydrogens (tertiary/aromatic N) is 4. The van der Waals surface area contributed by atoms with Crippen LogP contribution in [0.3, 0.4) is 0 Å². The second-order valence-electron chi connectivity index (χ2n) is 5.91. The zero-order valence-corrected chi connectivity index (χ0v) is 11.2. The number of piperidine rings is 1. The Labute approximate surface area is 112 Å². The standard InChI is InChI=1S/C14H19N5/c1-18-5-3-10-7-19(8-11(10)6-18)14-12-2-4-15-13(12)16-9-17-14/h2,4,9-11H,3,5-8H2,1H3,(H,15,16,17). The average Bonchev–Trinajstić information content (AvgIpc) is 3.03. The van der Waals surface area contributed by atoms with Gasteiger partial charge in [-0.15, -0.1) is 0 Å². The molecule has 2 aromatic rings. The van der Waals surface area contributed by atoms with Crippen LogP contribution in [0.2, 0.25) is 0 Å². The van der Waals surface area contributed by atoms with E-state index in [1.165, 1.54) is 19.5 Å². The van der Waals surface area contributed by atoms with Crippen molar-refractivity contribution < 1.29 is 0 Å². The summed E-state index contributed by atoms with van der Waals surface area (Å²) < 4.78 is 0. The zero-order valence-electron chi connectivity index (χ0n) is 11.2. The first kappa shape index (κ1) is 11.2. The van der Waals surface area contributed by atoms with Crippen LogP contribution in [0.5, 0.6) is 0 Å². The molecule has 4 rings (SSSR count). The lowest BCUT2D eigenvalue weighted by atomic mass is 9.89. The van der Waals surface area contributed by atoms with Crippen molar-refractivity contribution in [2.75, 3.05) is 38.1 Å². The van der Waals surface area contributed by atoms with E-state index in [0.717, 1.165) is 41.8 Å². The second-order valence-corrected chi connectivity index (χ2v) is 5.91. The van der Waals surface area contributed by atoms with Crippen molar-refractivity contribution in [3.8, 4) is 0 Å². The van der Waals surface area contributed by atoms with Gasteiger partial charge in [0.2, 0.25) is 0 Å². The van der Waals surface area contributed by atoms with Crippen molar-refractivity contribution in [3.63, 3.8) is 0 Å². The molecule has 0 aliphatic carbocycles. The van der Waals surface area contributed by atoms with Gasteiger partial charge in [-0.2, -0.15) is 0 Å². The van der Waals surface area contributed by atoms with Crippen molar-refractivity contribution >= 4 is 16.9 Å². The minimum Gasteiger partial charge on any atom is -0.355 e. The van der Waals surface area contributed by atoms with Crippen LogP contribution in [0, 0.1) is 11.8 Å². The third-order valence-electron chi connectivity index (χ3n) is 4.64. The molecule has 2 unspecified atom stereocenters. The quantitative estimate of drug-likeness (QED) is 0.837. The number of aromatic nitrogens is 3. The number of hydrogen-bond acceptors (Lipinski definition) is 4. The van der Waals surface area contributed by atoms with E-state index in [4.69, 9.17) is 0 Å². The maximum atomic E-state index is 4.52. The summed E-state index contributed by atoms with van der Waals surface area (Å²) in [5, 5.41) is 1.15. The summed E-state index contributed by atoms with van der Waals surface area (Å²) in [4.78, 5) is 16.9. The summed E-state index contributed by atoms with van der Waals surface area (Å²) in [5.41, 5.74) is 0.942. The van der Waals surface area contributed by atoms with Crippen molar-refractivity contribution in [1.82, 2.24) is 19.9 Å². The summed E-state index contributed by atoms with van der Waals surface area (Å²) >= 11 is 0. The van der Waals surface area contributed by atoms with Crippen LogP contribution in [0.25, 0.3) is 11.0 Å². The van der Waals surface area contributed by atoms with Crippen LogP contribution in [-0.2, 0) is 0 Å². The molecule has 100 valence electrons. The van der Waals surface area contributed by atoms with Gasteiger partial charge in [0.15, 0.2) is 0 Å². The topological polar surface area (TPSA) is 48.1 Å². The van der Waals surface area contributed by atoms with E-state index in [2.05, 4.69) is 37.9 Å². The monoisotopic (exact) mass is 257 g/mol. The normalized spacial score (nSPS) is 27.9. The first-order chi connectivity index (χ1) is 9.31. The fourth-order valence-electron chi connectivity index (χ4n) is 3.63. The molecule has 0 bridgehead atoms. The largest absolute Gasteiger partial charge is 0.355 e. The van der Waals surface area contributed by atoms with Crippen molar-refractivity contribution in [1.29, 1.82) is 0 Å². The third-order valence-corrected chi connectivity index (χ3v) is 4.64. The summed E-state index contributed by atoms with van der Waals surface area (Å²) in [5.74, 6) is 2.73. The SMILES string of the molecule is CN1CCC2CN(c3ncnc4[nH]ccc34)CC2C1. The zero-order chi connectivity index (χ0) is 12.8. The lowest BCUT2D eigenvalue weighted by Crippen LogP contribution is -2.37. The van der Waals surface area contributed by atoms with E-state index in [0.29, 0.717) is 0 Å². The Balaban J connectivity index is 1.65. The van der Waals surface area contributed by atoms with E-state index in [-0.39, 0.29) is 0 Å². The van der Waals surface area contributed by atoms with E-state index in [1.807, 2.05) is 6.20 Å². The lowest BCUT2D eigenvalue weighted by Gasteiger charge is -2.31. The predicted molar refractivity (Wildman–Crippen MR) is 75.2 cm³/mol. The molecule has 5 heteroatoms. The van der Waals surface area contributed by atoms with Gasteiger partial charge in [0.1, 0.15) is 17.8 Å². The number of fused-ring (bicyclic) bond motifs is 2. The van der Waals surface area contributed by atoms with Gasteiger partial charge in [0.05, 0.1) is 5.39 Å². The van der Waals surface area contributed by atoms with Crippen LogP contribution in [-0.4, -0.2) is 53.1 Å². The molecule has 2 aromatic heterocycles. The highest BCUT2D eigenvalue weighted by Gasteiger charge is 2.37. The van der Waals surface area contributed by atoms with E-state index in [1.54, 1.807) is 6.33 Å². The number of aromatic amines is 1. The molecule has 0 aromatic carbocycles. The van der Waals surface area contributed by atoms with Gasteiger partial charge in [-0.05, 0) is 37.9 Å². The Morgan fingerprint density at radius 2 is 2.11 bits per heavy atom. The number of hydrogen-bond donors (Lipinski definition) is 1. The van der Waals surface area contributed by atoms with Crippen LogP contribution in [0.15, 0.2) is 18.6 Å². The number of nitrogens with one attached hydrogen (secondary N) is 1. The fraction of sp³-hybridized carbons (Fsp3) is 0.571. The Morgan fingerprint density at radius 3 is 3.05 bits per heavy atom. The molecule has 2 aliphatic heterocycles. The molecule has 0 amide bonds. The third kappa shape index (κ3) is 1.80. The maximum absolute atomic E-state index is 4.52. The van der Waals surface area contributed by atoms with Crippen molar-refractivity contribution in [2.24, 2.45) is 11.8 Å². The lowest BCUT2D eigenvalue weighted by molar-refractivity contribution is 0.178. The minimum atomic E-state index is 0.794. The molecule has 2 saturated heterocycles. The highest BCUT2D eigenvalue weighted by molar-refractivity contribution is 5.87. The van der Waals surface area contributed by atoms with E-state index in [9.17, 15) is 0 Å². The Hall–Kier alpha value is -1.62. The Bertz CT molecular complexity index is 592. The molecule has 2 aliphatic rings. The highest BCUT2D eigenvalue weighted by atomic mass is 15.2. The van der Waals surface area contributed by atoms with Crippen LogP contribution in [0.4, 0.5) is 5.82 Å². The van der Waals surface area contributed by atoms with Crippen LogP contribution < -0.4 is 4.90 Å². The average molecular weight is 257 g/mol. The van der Waals surface area contributed by atoms with Crippen LogP contribution in [0.1, 0.15) is 6.42 Å². The summed E-state index contributed by atoms with van der Waals surface area (Å²) in [6, 6.07) is 2.08. The molecular formula is C14H19N5. The first-order valence-electron chi connectivity index (χ1n) is 7.03. The maximum Gasteiger partial charge on any atom is 0.142 e.